The lowest BCUT2D eigenvalue weighted by molar-refractivity contribution is 0.262. The molecule has 0 spiro atoms. The highest BCUT2D eigenvalue weighted by Crippen LogP contribution is 2.42. The molecular weight excluding hydrogens is 483 g/mol. The fourth-order valence-corrected chi connectivity index (χ4v) is 4.78. The maximum Gasteiger partial charge on any atom is 0.324 e. The van der Waals surface area contributed by atoms with Crippen LogP contribution < -0.4 is 16.4 Å². The predicted octanol–water partition coefficient (Wildman–Crippen LogP) is 5.70. The van der Waals surface area contributed by atoms with E-state index in [-0.39, 0.29) is 5.69 Å². The molecule has 0 bridgehead atoms. The number of nitrogens with one attached hydrogen (secondary N) is 2. The lowest BCUT2D eigenvalue weighted by Crippen LogP contribution is -2.22. The van der Waals surface area contributed by atoms with Crippen LogP contribution in [0.1, 0.15) is 49.0 Å². The van der Waals surface area contributed by atoms with Crippen LogP contribution >= 0.6 is 0 Å². The van der Waals surface area contributed by atoms with Crippen LogP contribution in [-0.2, 0) is 0 Å². The summed E-state index contributed by atoms with van der Waals surface area (Å²) in [6.45, 7) is 0. The Labute approximate surface area is 217 Å². The van der Waals surface area contributed by atoms with Crippen molar-refractivity contribution >= 4 is 28.9 Å². The number of anilines is 3. The molecule has 0 saturated heterocycles. The average Bonchev–Trinajstić information content (AvgIpc) is 3.86. The van der Waals surface area contributed by atoms with Crippen LogP contribution in [-0.4, -0.2) is 30.2 Å². The van der Waals surface area contributed by atoms with Crippen molar-refractivity contribution in [1.82, 2.24) is 24.1 Å². The minimum Gasteiger partial charge on any atom is -0.382 e. The topological polar surface area (TPSA) is 115 Å². The Hall–Kier alpha value is -4.73. The molecule has 38 heavy (non-hydrogen) atoms. The molecule has 0 unspecified atom stereocenters. The number of nitrogens with two attached hydrogens (primary N) is 1. The zero-order chi connectivity index (χ0) is 25.8. The summed E-state index contributed by atoms with van der Waals surface area (Å²) in [6.07, 6.45) is 7.79. The molecule has 7 rings (SSSR count). The van der Waals surface area contributed by atoms with Crippen LogP contribution in [0.3, 0.4) is 0 Å². The van der Waals surface area contributed by atoms with Gasteiger partial charge in [-0.15, -0.1) is 0 Å². The van der Waals surface area contributed by atoms with Gasteiger partial charge in [-0.1, -0.05) is 24.3 Å². The molecular formula is C28H25FN8O. The van der Waals surface area contributed by atoms with E-state index in [2.05, 4.69) is 15.6 Å². The van der Waals surface area contributed by atoms with Gasteiger partial charge in [0.05, 0.1) is 17.1 Å². The van der Waals surface area contributed by atoms with E-state index in [0.29, 0.717) is 40.2 Å². The number of imidazole rings is 1. The largest absolute Gasteiger partial charge is 0.382 e. The van der Waals surface area contributed by atoms with E-state index in [1.165, 1.54) is 12.1 Å². The maximum atomic E-state index is 15.2. The third-order valence-electron chi connectivity index (χ3n) is 7.01. The van der Waals surface area contributed by atoms with E-state index in [4.69, 9.17) is 15.8 Å². The highest BCUT2D eigenvalue weighted by atomic mass is 19.1. The maximum absolute atomic E-state index is 15.2. The van der Waals surface area contributed by atoms with Gasteiger partial charge in [-0.2, -0.15) is 5.10 Å². The van der Waals surface area contributed by atoms with Crippen LogP contribution in [0.2, 0.25) is 0 Å². The van der Waals surface area contributed by atoms with E-state index in [0.717, 1.165) is 42.9 Å². The standard InChI is InChI=1S/C28H25FN8O/c29-20-14-18(24-25-26(30)31-12-13-36(25)27(34-24)17-8-9-17)10-11-21(20)32-28(38)33-23-15-22(16-6-7-16)35-37(23)19-4-2-1-3-5-19/h1-5,10-17H,6-9H2,(H2,30,31)(H2,32,33,38). The van der Waals surface area contributed by atoms with Gasteiger partial charge in [0.15, 0.2) is 0 Å². The molecule has 190 valence electrons. The Balaban J connectivity index is 1.15. The number of amides is 2. The number of nitrogen functional groups attached to an aromatic ring is 1. The quantitative estimate of drug-likeness (QED) is 0.272. The minimum absolute atomic E-state index is 0.0523. The number of nitrogens with zero attached hydrogens (tertiary/aromatic N) is 5. The van der Waals surface area contributed by atoms with Crippen LogP contribution in [0.25, 0.3) is 22.5 Å². The highest BCUT2D eigenvalue weighted by Gasteiger charge is 2.31. The molecule has 2 aromatic carbocycles. The number of carbonyl (C=O) groups is 1. The molecule has 2 fully saturated rings. The smallest absolute Gasteiger partial charge is 0.324 e. The normalized spacial score (nSPS) is 15.1. The fraction of sp³-hybridized carbons (Fsp3) is 0.214. The van der Waals surface area contributed by atoms with Crippen LogP contribution in [0.15, 0.2) is 67.0 Å². The zero-order valence-corrected chi connectivity index (χ0v) is 20.4. The second-order valence-electron chi connectivity index (χ2n) is 9.87. The first kappa shape index (κ1) is 22.5. The summed E-state index contributed by atoms with van der Waals surface area (Å²) in [5.74, 6) is 1.97. The summed E-state index contributed by atoms with van der Waals surface area (Å²) in [5.41, 5.74) is 9.79. The molecule has 0 aliphatic heterocycles. The van der Waals surface area contributed by atoms with E-state index in [1.807, 2.05) is 47.0 Å². The van der Waals surface area contributed by atoms with Crippen LogP contribution in [0.4, 0.5) is 26.5 Å². The number of hydrogen-bond donors (Lipinski definition) is 3. The van der Waals surface area contributed by atoms with Gasteiger partial charge in [0, 0.05) is 35.9 Å². The first-order valence-corrected chi connectivity index (χ1v) is 12.7. The van der Waals surface area contributed by atoms with Crippen molar-refractivity contribution in [2.45, 2.75) is 37.5 Å². The molecule has 4 N–H and O–H groups in total. The number of hydrogen-bond acceptors (Lipinski definition) is 5. The molecule has 0 radical (unpaired) electrons. The van der Waals surface area contributed by atoms with Gasteiger partial charge in [0.1, 0.15) is 34.5 Å². The molecule has 9 nitrogen and oxygen atoms in total. The van der Waals surface area contributed by atoms with Crippen molar-refractivity contribution in [3.05, 3.63) is 84.3 Å². The van der Waals surface area contributed by atoms with Gasteiger partial charge in [-0.05, 0) is 49.9 Å². The molecule has 2 saturated carbocycles. The Kier molecular flexibility index (Phi) is 5.14. The molecule has 5 aromatic rings. The first-order chi connectivity index (χ1) is 18.5. The number of benzene rings is 2. The SMILES string of the molecule is Nc1nccn2c(C3CC3)nc(-c3ccc(NC(=O)Nc4cc(C5CC5)nn4-c4ccccc4)c(F)c3)c12. The van der Waals surface area contributed by atoms with Gasteiger partial charge >= 0.3 is 6.03 Å². The van der Waals surface area contributed by atoms with Gasteiger partial charge < -0.3 is 11.1 Å². The van der Waals surface area contributed by atoms with Crippen molar-refractivity contribution in [1.29, 1.82) is 0 Å². The second-order valence-corrected chi connectivity index (χ2v) is 9.87. The lowest BCUT2D eigenvalue weighted by atomic mass is 10.1. The summed E-state index contributed by atoms with van der Waals surface area (Å²) < 4.78 is 18.9. The molecule has 2 aliphatic rings. The molecule has 0 atom stereocenters. The van der Waals surface area contributed by atoms with Crippen molar-refractivity contribution in [2.24, 2.45) is 0 Å². The van der Waals surface area contributed by atoms with Gasteiger partial charge in [0.25, 0.3) is 0 Å². The number of halogens is 1. The number of carbonyl (C=O) groups excluding carboxylic acids is 1. The van der Waals surface area contributed by atoms with Crippen molar-refractivity contribution < 1.29 is 9.18 Å². The zero-order valence-electron chi connectivity index (χ0n) is 20.4. The van der Waals surface area contributed by atoms with Crippen molar-refractivity contribution in [3.63, 3.8) is 0 Å². The lowest BCUT2D eigenvalue weighted by Gasteiger charge is -2.11. The van der Waals surface area contributed by atoms with E-state index in [9.17, 15) is 4.79 Å². The van der Waals surface area contributed by atoms with Crippen LogP contribution in [0.5, 0.6) is 0 Å². The summed E-state index contributed by atoms with van der Waals surface area (Å²) in [6, 6.07) is 15.5. The third kappa shape index (κ3) is 4.03. The number of fused-ring (bicyclic) bond motifs is 1. The van der Waals surface area contributed by atoms with E-state index >= 15 is 4.39 Å². The summed E-state index contributed by atoms with van der Waals surface area (Å²) >= 11 is 0. The Bertz CT molecular complexity index is 1680. The van der Waals surface area contributed by atoms with Gasteiger partial charge in [-0.3, -0.25) is 9.72 Å². The number of rotatable bonds is 6. The second kappa shape index (κ2) is 8.69. The Morgan fingerprint density at radius 2 is 1.79 bits per heavy atom. The average molecular weight is 509 g/mol. The Morgan fingerprint density at radius 1 is 1.00 bits per heavy atom. The third-order valence-corrected chi connectivity index (χ3v) is 7.01. The summed E-state index contributed by atoms with van der Waals surface area (Å²) in [4.78, 5) is 21.9. The molecule has 2 amide bonds. The molecule has 10 heteroatoms. The number of urea groups is 1. The summed E-state index contributed by atoms with van der Waals surface area (Å²) in [5, 5.41) is 10.1. The predicted molar refractivity (Wildman–Crippen MR) is 143 cm³/mol. The highest BCUT2D eigenvalue weighted by molar-refractivity contribution is 5.99. The first-order valence-electron chi connectivity index (χ1n) is 12.7. The number of aromatic nitrogens is 5. The molecule has 2 aliphatic carbocycles. The fourth-order valence-electron chi connectivity index (χ4n) is 4.78. The van der Waals surface area contributed by atoms with E-state index < -0.39 is 11.8 Å². The van der Waals surface area contributed by atoms with E-state index in [1.54, 1.807) is 16.9 Å². The van der Waals surface area contributed by atoms with Crippen molar-refractivity contribution in [3.8, 4) is 16.9 Å². The number of para-hydroxylation sites is 1. The van der Waals surface area contributed by atoms with Gasteiger partial charge in [0.2, 0.25) is 0 Å². The summed E-state index contributed by atoms with van der Waals surface area (Å²) in [7, 11) is 0. The minimum atomic E-state index is -0.579. The monoisotopic (exact) mass is 508 g/mol. The van der Waals surface area contributed by atoms with Crippen LogP contribution in [0, 0.1) is 5.82 Å². The Morgan fingerprint density at radius 3 is 2.53 bits per heavy atom. The molecule has 3 heterocycles. The van der Waals surface area contributed by atoms with Gasteiger partial charge in [-0.25, -0.2) is 23.8 Å². The van der Waals surface area contributed by atoms with Crippen molar-refractivity contribution in [2.75, 3.05) is 16.4 Å². The molecule has 3 aromatic heterocycles.